The van der Waals surface area contributed by atoms with E-state index in [9.17, 15) is 4.79 Å². The van der Waals surface area contributed by atoms with Gasteiger partial charge >= 0.3 is 5.97 Å². The Morgan fingerprint density at radius 1 is 1.30 bits per heavy atom. The minimum absolute atomic E-state index is 0.336. The molecule has 0 bridgehead atoms. The van der Waals surface area contributed by atoms with Crippen molar-refractivity contribution in [3.8, 4) is 0 Å². The van der Waals surface area contributed by atoms with Gasteiger partial charge in [-0.1, -0.05) is 18.2 Å². The van der Waals surface area contributed by atoms with Crippen LogP contribution in [0.3, 0.4) is 0 Å². The Balaban J connectivity index is 1.81. The maximum atomic E-state index is 10.8. The van der Waals surface area contributed by atoms with Crippen LogP contribution in [0.1, 0.15) is 15.2 Å². The Kier molecular flexibility index (Phi) is 3.35. The molecule has 100 valence electrons. The van der Waals surface area contributed by atoms with Gasteiger partial charge in [-0.3, -0.25) is 4.98 Å². The van der Waals surface area contributed by atoms with Crippen molar-refractivity contribution < 1.29 is 9.90 Å². The summed E-state index contributed by atoms with van der Waals surface area (Å²) in [6.07, 6.45) is 1.77. The Morgan fingerprint density at radius 2 is 2.15 bits per heavy atom. The zero-order chi connectivity index (χ0) is 13.9. The highest BCUT2D eigenvalue weighted by Crippen LogP contribution is 2.22. The van der Waals surface area contributed by atoms with E-state index in [4.69, 9.17) is 5.11 Å². The Morgan fingerprint density at radius 3 is 2.95 bits per heavy atom. The van der Waals surface area contributed by atoms with Gasteiger partial charge in [-0.15, -0.1) is 11.3 Å². The van der Waals surface area contributed by atoms with Crippen molar-refractivity contribution in [2.24, 2.45) is 0 Å². The number of pyridine rings is 1. The zero-order valence-corrected chi connectivity index (χ0v) is 11.4. The minimum atomic E-state index is -0.890. The first-order valence-electron chi connectivity index (χ1n) is 6.12. The lowest BCUT2D eigenvalue weighted by atomic mass is 10.2. The highest BCUT2D eigenvalue weighted by molar-refractivity contribution is 7.10. The number of nitrogens with zero attached hydrogens (tertiary/aromatic N) is 1. The summed E-state index contributed by atoms with van der Waals surface area (Å²) in [7, 11) is 0. The molecule has 0 aliphatic heterocycles. The summed E-state index contributed by atoms with van der Waals surface area (Å²) in [6.45, 7) is 0.591. The lowest BCUT2D eigenvalue weighted by Gasteiger charge is -2.07. The van der Waals surface area contributed by atoms with Crippen LogP contribution in [0.5, 0.6) is 0 Å². The highest BCUT2D eigenvalue weighted by atomic mass is 32.1. The number of thiophene rings is 1. The third kappa shape index (κ3) is 2.48. The van der Waals surface area contributed by atoms with Crippen LogP contribution < -0.4 is 5.32 Å². The lowest BCUT2D eigenvalue weighted by molar-refractivity contribution is 0.0697. The number of benzene rings is 1. The number of hydrogen-bond acceptors (Lipinski definition) is 4. The number of aromatic nitrogens is 1. The molecule has 2 N–H and O–H groups in total. The molecule has 1 aromatic carbocycles. The molecule has 4 nitrogen and oxygen atoms in total. The largest absolute Gasteiger partial charge is 0.478 e. The fraction of sp³-hybridized carbons (Fsp3) is 0.0667. The number of para-hydroxylation sites is 1. The monoisotopic (exact) mass is 284 g/mol. The first-order chi connectivity index (χ1) is 9.74. The fourth-order valence-corrected chi connectivity index (χ4v) is 2.81. The number of rotatable bonds is 4. The van der Waals surface area contributed by atoms with Crippen LogP contribution in [-0.4, -0.2) is 16.1 Å². The summed E-state index contributed by atoms with van der Waals surface area (Å²) in [4.78, 5) is 16.2. The van der Waals surface area contributed by atoms with Gasteiger partial charge in [0.1, 0.15) is 0 Å². The first-order valence-corrected chi connectivity index (χ1v) is 7.00. The summed E-state index contributed by atoms with van der Waals surface area (Å²) in [5, 5.41) is 14.9. The topological polar surface area (TPSA) is 62.2 Å². The number of nitrogens with one attached hydrogen (secondary N) is 1. The van der Waals surface area contributed by atoms with Gasteiger partial charge in [-0.2, -0.15) is 0 Å². The number of anilines is 1. The third-order valence-corrected chi connectivity index (χ3v) is 3.92. The van der Waals surface area contributed by atoms with E-state index in [1.807, 2.05) is 30.3 Å². The van der Waals surface area contributed by atoms with Crippen LogP contribution in [0.2, 0.25) is 0 Å². The molecule has 0 aliphatic carbocycles. The van der Waals surface area contributed by atoms with E-state index < -0.39 is 5.97 Å². The number of fused-ring (bicyclic) bond motifs is 1. The predicted molar refractivity (Wildman–Crippen MR) is 80.3 cm³/mol. The van der Waals surface area contributed by atoms with Crippen LogP contribution in [-0.2, 0) is 6.54 Å². The number of hydrogen-bond donors (Lipinski definition) is 2. The fourth-order valence-electron chi connectivity index (χ4n) is 2.01. The molecule has 3 rings (SSSR count). The van der Waals surface area contributed by atoms with Crippen LogP contribution in [0.4, 0.5) is 5.69 Å². The SMILES string of the molecule is O=C(O)c1csc(CNc2cccc3cccnc23)c1. The first kappa shape index (κ1) is 12.6. The number of carbonyl (C=O) groups is 1. The summed E-state index contributed by atoms with van der Waals surface area (Å²) in [5.41, 5.74) is 2.21. The molecule has 0 amide bonds. The molecular weight excluding hydrogens is 272 g/mol. The van der Waals surface area contributed by atoms with Crippen LogP contribution >= 0.6 is 11.3 Å². The van der Waals surface area contributed by atoms with Crippen molar-refractivity contribution in [2.75, 3.05) is 5.32 Å². The average molecular weight is 284 g/mol. The highest BCUT2D eigenvalue weighted by Gasteiger charge is 2.07. The van der Waals surface area contributed by atoms with Gasteiger partial charge in [0.05, 0.1) is 16.8 Å². The maximum Gasteiger partial charge on any atom is 0.336 e. The van der Waals surface area contributed by atoms with E-state index in [0.29, 0.717) is 12.1 Å². The van der Waals surface area contributed by atoms with E-state index in [0.717, 1.165) is 21.5 Å². The van der Waals surface area contributed by atoms with Gasteiger partial charge in [-0.25, -0.2) is 4.79 Å². The zero-order valence-electron chi connectivity index (χ0n) is 10.5. The Bertz CT molecular complexity index is 762. The van der Waals surface area contributed by atoms with E-state index in [1.165, 1.54) is 11.3 Å². The molecule has 2 heterocycles. The summed E-state index contributed by atoms with van der Waals surface area (Å²) < 4.78 is 0. The summed E-state index contributed by atoms with van der Waals surface area (Å²) in [5.74, 6) is -0.890. The molecule has 0 radical (unpaired) electrons. The van der Waals surface area contributed by atoms with Gasteiger partial charge in [0, 0.05) is 28.4 Å². The molecule has 0 fully saturated rings. The standard InChI is InChI=1S/C15H12N2O2S/c18-15(19)11-7-12(20-9-11)8-17-13-5-1-3-10-4-2-6-16-14(10)13/h1-7,9,17H,8H2,(H,18,19). The number of aromatic carboxylic acids is 1. The molecule has 0 unspecified atom stereocenters. The van der Waals surface area contributed by atoms with Crippen LogP contribution in [0.25, 0.3) is 10.9 Å². The number of carboxylic acids is 1. The van der Waals surface area contributed by atoms with Gasteiger partial charge < -0.3 is 10.4 Å². The molecule has 0 saturated heterocycles. The summed E-state index contributed by atoms with van der Waals surface area (Å²) >= 11 is 1.44. The smallest absolute Gasteiger partial charge is 0.336 e. The van der Waals surface area contributed by atoms with Crippen molar-refractivity contribution >= 4 is 33.9 Å². The number of carboxylic acid groups (broad SMARTS) is 1. The van der Waals surface area contributed by atoms with Crippen LogP contribution in [0, 0.1) is 0 Å². The van der Waals surface area contributed by atoms with Crippen molar-refractivity contribution in [2.45, 2.75) is 6.54 Å². The van der Waals surface area contributed by atoms with E-state index in [-0.39, 0.29) is 0 Å². The normalized spacial score (nSPS) is 10.6. The molecular formula is C15H12N2O2S. The second-order valence-electron chi connectivity index (χ2n) is 4.34. The van der Waals surface area contributed by atoms with E-state index >= 15 is 0 Å². The summed E-state index contributed by atoms with van der Waals surface area (Å²) in [6, 6.07) is 11.6. The van der Waals surface area contributed by atoms with Gasteiger partial charge in [0.25, 0.3) is 0 Å². The van der Waals surface area contributed by atoms with Crippen molar-refractivity contribution in [1.29, 1.82) is 0 Å². The predicted octanol–water partition coefficient (Wildman–Crippen LogP) is 3.61. The second kappa shape index (κ2) is 5.30. The molecule has 0 spiro atoms. The molecule has 3 aromatic rings. The van der Waals surface area contributed by atoms with Gasteiger partial charge in [0.15, 0.2) is 0 Å². The average Bonchev–Trinajstić information content (AvgIpc) is 2.94. The quantitative estimate of drug-likeness (QED) is 0.768. The van der Waals surface area contributed by atoms with E-state index in [1.54, 1.807) is 17.6 Å². The lowest BCUT2D eigenvalue weighted by Crippen LogP contribution is -1.99. The molecule has 0 saturated carbocycles. The molecule has 20 heavy (non-hydrogen) atoms. The van der Waals surface area contributed by atoms with Crippen LogP contribution in [0.15, 0.2) is 48.0 Å². The minimum Gasteiger partial charge on any atom is -0.478 e. The Hall–Kier alpha value is -2.40. The second-order valence-corrected chi connectivity index (χ2v) is 5.34. The van der Waals surface area contributed by atoms with Crippen molar-refractivity contribution in [3.63, 3.8) is 0 Å². The molecule has 5 heteroatoms. The molecule has 0 aliphatic rings. The maximum absolute atomic E-state index is 10.8. The van der Waals surface area contributed by atoms with Gasteiger partial charge in [0.2, 0.25) is 0 Å². The Labute approximate surface area is 119 Å². The molecule has 0 atom stereocenters. The van der Waals surface area contributed by atoms with Crippen molar-refractivity contribution in [1.82, 2.24) is 4.98 Å². The molecule has 2 aromatic heterocycles. The van der Waals surface area contributed by atoms with Crippen molar-refractivity contribution in [3.05, 3.63) is 58.4 Å². The third-order valence-electron chi connectivity index (χ3n) is 2.99. The van der Waals surface area contributed by atoms with Gasteiger partial charge in [-0.05, 0) is 18.2 Å². The van der Waals surface area contributed by atoms with E-state index in [2.05, 4.69) is 10.3 Å².